The predicted molar refractivity (Wildman–Crippen MR) is 61.3 cm³/mol. The number of alkyl halides is 3. The zero-order valence-corrected chi connectivity index (χ0v) is 10.2. The van der Waals surface area contributed by atoms with Crippen molar-refractivity contribution in [2.45, 2.75) is 12.7 Å². The number of carbonyl (C=O) groups excluding carboxylic acids is 1. The number of nitrogens with zero attached hydrogens (tertiary/aromatic N) is 1. The number of urea groups is 1. The first-order valence-electron chi connectivity index (χ1n) is 5.14. The van der Waals surface area contributed by atoms with E-state index in [2.05, 4.69) is 0 Å². The molecule has 1 rings (SSSR count). The summed E-state index contributed by atoms with van der Waals surface area (Å²) < 4.78 is 35.9. The molecule has 0 saturated heterocycles. The molecule has 1 aromatic heterocycles. The third-order valence-corrected chi connectivity index (χ3v) is 2.78. The molecule has 102 valence electrons. The van der Waals surface area contributed by atoms with Gasteiger partial charge in [-0.15, -0.1) is 0 Å². The number of nitrogens with one attached hydrogen (secondary N) is 1. The number of aliphatic hydroxyl groups is 1. The monoisotopic (exact) mass is 282 g/mol. The Bertz CT molecular complexity index is 368. The van der Waals surface area contributed by atoms with Gasteiger partial charge in [0, 0.05) is 13.1 Å². The molecular weight excluding hydrogens is 269 g/mol. The molecule has 0 fully saturated rings. The van der Waals surface area contributed by atoms with Crippen LogP contribution in [0.5, 0.6) is 0 Å². The van der Waals surface area contributed by atoms with E-state index in [1.807, 2.05) is 0 Å². The summed E-state index contributed by atoms with van der Waals surface area (Å²) >= 11 is 1.43. The second-order valence-corrected chi connectivity index (χ2v) is 4.33. The standard InChI is InChI=1S/C10H13F3N2O2S/c11-10(12,13)7-14-9(17)15(2-3-16)5-8-1-4-18-6-8/h1,4,6,16H,2-3,5,7H2,(H,14,17). The number of rotatable bonds is 5. The number of thiophene rings is 1. The largest absolute Gasteiger partial charge is 0.405 e. The summed E-state index contributed by atoms with van der Waals surface area (Å²) in [6, 6.07) is 0.930. The SMILES string of the molecule is O=C(NCC(F)(F)F)N(CCO)Cc1ccsc1. The predicted octanol–water partition coefficient (Wildman–Crippen LogP) is 1.81. The van der Waals surface area contributed by atoms with Crippen molar-refractivity contribution in [3.63, 3.8) is 0 Å². The van der Waals surface area contributed by atoms with Crippen molar-refractivity contribution in [3.8, 4) is 0 Å². The average molecular weight is 282 g/mol. The van der Waals surface area contributed by atoms with E-state index in [9.17, 15) is 18.0 Å². The maximum Gasteiger partial charge on any atom is 0.405 e. The minimum atomic E-state index is -4.44. The van der Waals surface area contributed by atoms with Crippen molar-refractivity contribution >= 4 is 17.4 Å². The molecule has 2 N–H and O–H groups in total. The molecule has 1 heterocycles. The highest BCUT2D eigenvalue weighted by molar-refractivity contribution is 7.07. The van der Waals surface area contributed by atoms with Crippen molar-refractivity contribution in [3.05, 3.63) is 22.4 Å². The topological polar surface area (TPSA) is 52.6 Å². The van der Waals surface area contributed by atoms with Crippen LogP contribution in [0.2, 0.25) is 0 Å². The van der Waals surface area contributed by atoms with Gasteiger partial charge in [-0.2, -0.15) is 24.5 Å². The first kappa shape index (κ1) is 14.8. The molecule has 0 aromatic carbocycles. The van der Waals surface area contributed by atoms with Gasteiger partial charge in [0.1, 0.15) is 6.54 Å². The minimum Gasteiger partial charge on any atom is -0.395 e. The Balaban J connectivity index is 2.52. The maximum atomic E-state index is 12.0. The summed E-state index contributed by atoms with van der Waals surface area (Å²) in [5.74, 6) is 0. The number of carbonyl (C=O) groups is 1. The Morgan fingerprint density at radius 3 is 2.72 bits per heavy atom. The molecule has 0 bridgehead atoms. The summed E-state index contributed by atoms with van der Waals surface area (Å²) in [5, 5.41) is 14.2. The van der Waals surface area contributed by atoms with Crippen LogP contribution in [0.3, 0.4) is 0 Å². The Hall–Kier alpha value is -1.28. The van der Waals surface area contributed by atoms with Crippen LogP contribution < -0.4 is 5.32 Å². The second-order valence-electron chi connectivity index (χ2n) is 3.55. The zero-order chi connectivity index (χ0) is 13.6. The van der Waals surface area contributed by atoms with Gasteiger partial charge in [-0.3, -0.25) is 0 Å². The van der Waals surface area contributed by atoms with E-state index in [-0.39, 0.29) is 19.7 Å². The van der Waals surface area contributed by atoms with Gasteiger partial charge < -0.3 is 15.3 Å². The molecule has 0 aliphatic heterocycles. The van der Waals surface area contributed by atoms with E-state index in [1.54, 1.807) is 22.1 Å². The molecule has 0 saturated carbocycles. The lowest BCUT2D eigenvalue weighted by Crippen LogP contribution is -2.44. The number of hydrogen-bond acceptors (Lipinski definition) is 3. The molecule has 0 aliphatic rings. The van der Waals surface area contributed by atoms with E-state index in [0.29, 0.717) is 0 Å². The number of aliphatic hydroxyl groups excluding tert-OH is 1. The third kappa shape index (κ3) is 5.37. The van der Waals surface area contributed by atoms with E-state index >= 15 is 0 Å². The zero-order valence-electron chi connectivity index (χ0n) is 9.41. The molecule has 0 aliphatic carbocycles. The number of halogens is 3. The van der Waals surface area contributed by atoms with E-state index in [4.69, 9.17) is 5.11 Å². The van der Waals surface area contributed by atoms with Crippen LogP contribution in [0.25, 0.3) is 0 Å². The van der Waals surface area contributed by atoms with Crippen molar-refractivity contribution in [2.24, 2.45) is 0 Å². The second kappa shape index (κ2) is 6.60. The van der Waals surface area contributed by atoms with Crippen LogP contribution in [0.1, 0.15) is 5.56 Å². The third-order valence-electron chi connectivity index (χ3n) is 2.05. The summed E-state index contributed by atoms with van der Waals surface area (Å²) in [6.45, 7) is -1.52. The fourth-order valence-corrected chi connectivity index (χ4v) is 1.92. The molecule has 0 spiro atoms. The Kier molecular flexibility index (Phi) is 5.42. The molecular formula is C10H13F3N2O2S. The quantitative estimate of drug-likeness (QED) is 0.865. The van der Waals surface area contributed by atoms with Gasteiger partial charge in [0.2, 0.25) is 0 Å². The van der Waals surface area contributed by atoms with Gasteiger partial charge in [-0.1, -0.05) is 0 Å². The summed E-state index contributed by atoms with van der Waals surface area (Å²) in [4.78, 5) is 12.6. The molecule has 0 unspecified atom stereocenters. The van der Waals surface area contributed by atoms with Crippen molar-refractivity contribution in [1.82, 2.24) is 10.2 Å². The molecule has 1 aromatic rings. The normalized spacial score (nSPS) is 11.3. The summed E-state index contributed by atoms with van der Waals surface area (Å²) in [6.07, 6.45) is -4.44. The highest BCUT2D eigenvalue weighted by Gasteiger charge is 2.28. The van der Waals surface area contributed by atoms with Gasteiger partial charge in [0.15, 0.2) is 0 Å². The van der Waals surface area contributed by atoms with E-state index in [0.717, 1.165) is 10.5 Å². The fraction of sp³-hybridized carbons (Fsp3) is 0.500. The highest BCUT2D eigenvalue weighted by Crippen LogP contribution is 2.13. The maximum absolute atomic E-state index is 12.0. The molecule has 0 radical (unpaired) electrons. The van der Waals surface area contributed by atoms with Crippen LogP contribution in [0.15, 0.2) is 16.8 Å². The average Bonchev–Trinajstić information content (AvgIpc) is 2.77. The molecule has 4 nitrogen and oxygen atoms in total. The lowest BCUT2D eigenvalue weighted by Gasteiger charge is -2.22. The van der Waals surface area contributed by atoms with Crippen molar-refractivity contribution in [1.29, 1.82) is 0 Å². The smallest absolute Gasteiger partial charge is 0.395 e. The van der Waals surface area contributed by atoms with Crippen molar-refractivity contribution < 1.29 is 23.1 Å². The van der Waals surface area contributed by atoms with E-state index in [1.165, 1.54) is 11.3 Å². The van der Waals surface area contributed by atoms with Gasteiger partial charge in [0.05, 0.1) is 6.61 Å². The molecule has 2 amide bonds. The van der Waals surface area contributed by atoms with Gasteiger partial charge in [-0.25, -0.2) is 4.79 Å². The first-order valence-corrected chi connectivity index (χ1v) is 6.08. The van der Waals surface area contributed by atoms with Gasteiger partial charge >= 0.3 is 12.2 Å². The Labute approximate surface area is 106 Å². The molecule has 8 heteroatoms. The lowest BCUT2D eigenvalue weighted by molar-refractivity contribution is -0.123. The lowest BCUT2D eigenvalue weighted by atomic mass is 10.3. The number of amides is 2. The minimum absolute atomic E-state index is 0.0143. The van der Waals surface area contributed by atoms with Crippen LogP contribution in [0.4, 0.5) is 18.0 Å². The Morgan fingerprint density at radius 2 is 2.22 bits per heavy atom. The van der Waals surface area contributed by atoms with Crippen LogP contribution >= 0.6 is 11.3 Å². The van der Waals surface area contributed by atoms with Gasteiger partial charge in [-0.05, 0) is 22.4 Å². The molecule has 0 atom stereocenters. The van der Waals surface area contributed by atoms with E-state index < -0.39 is 18.8 Å². The first-order chi connectivity index (χ1) is 8.42. The van der Waals surface area contributed by atoms with Crippen molar-refractivity contribution in [2.75, 3.05) is 19.7 Å². The summed E-state index contributed by atoms with van der Waals surface area (Å²) in [7, 11) is 0. The van der Waals surface area contributed by atoms with Crippen LogP contribution in [-0.2, 0) is 6.54 Å². The van der Waals surface area contributed by atoms with Crippen LogP contribution in [-0.4, -0.2) is 41.9 Å². The number of hydrogen-bond donors (Lipinski definition) is 2. The summed E-state index contributed by atoms with van der Waals surface area (Å²) in [5.41, 5.74) is 0.815. The molecule has 18 heavy (non-hydrogen) atoms. The van der Waals surface area contributed by atoms with Crippen LogP contribution in [0, 0.1) is 0 Å². The Morgan fingerprint density at radius 1 is 1.50 bits per heavy atom. The highest BCUT2D eigenvalue weighted by atomic mass is 32.1. The van der Waals surface area contributed by atoms with Gasteiger partial charge in [0.25, 0.3) is 0 Å². The fourth-order valence-electron chi connectivity index (χ4n) is 1.26.